The molecule has 3 rings (SSSR count). The van der Waals surface area contributed by atoms with E-state index >= 15 is 0 Å². The van der Waals surface area contributed by atoms with Gasteiger partial charge < -0.3 is 16.0 Å². The van der Waals surface area contributed by atoms with Crippen LogP contribution in [-0.4, -0.2) is 24.4 Å². The van der Waals surface area contributed by atoms with Crippen LogP contribution < -0.4 is 16.0 Å². The number of nitrogens with one attached hydrogen (secondary N) is 3. The summed E-state index contributed by atoms with van der Waals surface area (Å²) >= 11 is 1.39. The van der Waals surface area contributed by atoms with E-state index in [1.54, 1.807) is 18.2 Å². The van der Waals surface area contributed by atoms with E-state index in [2.05, 4.69) is 16.0 Å². The summed E-state index contributed by atoms with van der Waals surface area (Å²) in [4.78, 5) is 24.8. The van der Waals surface area contributed by atoms with Gasteiger partial charge in [-0.2, -0.15) is 0 Å². The number of carbonyl (C=O) groups excluding carboxylic acids is 2. The standard InChI is InChI=1S/C16H17N3O2S.ClH/c20-15(13-6-2-8-17-13)18-11-4-1-5-12(10-11)19-16(21)14-7-3-9-22-14;/h1,3-5,7,9-10,13,17H,2,6,8H2,(H,18,20)(H,19,21);1H. The van der Waals surface area contributed by atoms with Gasteiger partial charge in [0.05, 0.1) is 10.9 Å². The summed E-state index contributed by atoms with van der Waals surface area (Å²) in [6.45, 7) is 0.884. The second-order valence-corrected chi connectivity index (χ2v) is 6.10. The van der Waals surface area contributed by atoms with E-state index in [-0.39, 0.29) is 30.3 Å². The lowest BCUT2D eigenvalue weighted by atomic mass is 10.2. The number of hydrogen-bond acceptors (Lipinski definition) is 4. The third-order valence-corrected chi connectivity index (χ3v) is 4.38. The smallest absolute Gasteiger partial charge is 0.265 e. The highest BCUT2D eigenvalue weighted by Crippen LogP contribution is 2.18. The minimum Gasteiger partial charge on any atom is -0.325 e. The molecule has 1 atom stereocenters. The van der Waals surface area contributed by atoms with Crippen LogP contribution in [0.25, 0.3) is 0 Å². The quantitative estimate of drug-likeness (QED) is 0.792. The zero-order valence-corrected chi connectivity index (χ0v) is 14.0. The first-order valence-corrected chi connectivity index (χ1v) is 8.09. The number of carbonyl (C=O) groups is 2. The molecular weight excluding hydrogens is 334 g/mol. The molecule has 1 aliphatic rings. The summed E-state index contributed by atoms with van der Waals surface area (Å²) in [6, 6.07) is 10.7. The summed E-state index contributed by atoms with van der Waals surface area (Å²) in [7, 11) is 0. The van der Waals surface area contributed by atoms with Gasteiger partial charge in [-0.1, -0.05) is 12.1 Å². The Morgan fingerprint density at radius 1 is 1.13 bits per heavy atom. The van der Waals surface area contributed by atoms with Crippen LogP contribution in [0.1, 0.15) is 22.5 Å². The normalized spacial score (nSPS) is 16.4. The fourth-order valence-electron chi connectivity index (χ4n) is 2.41. The van der Waals surface area contributed by atoms with Gasteiger partial charge in [-0.25, -0.2) is 0 Å². The van der Waals surface area contributed by atoms with Crippen molar-refractivity contribution in [3.05, 3.63) is 46.7 Å². The molecule has 3 N–H and O–H groups in total. The molecule has 1 aromatic carbocycles. The summed E-state index contributed by atoms with van der Waals surface area (Å²) in [6.07, 6.45) is 1.88. The summed E-state index contributed by atoms with van der Waals surface area (Å²) in [5.41, 5.74) is 1.35. The average Bonchev–Trinajstić information content (AvgIpc) is 3.21. The molecule has 23 heavy (non-hydrogen) atoms. The van der Waals surface area contributed by atoms with Gasteiger partial charge in [0.1, 0.15) is 0 Å². The van der Waals surface area contributed by atoms with Crippen molar-refractivity contribution in [1.29, 1.82) is 0 Å². The van der Waals surface area contributed by atoms with Gasteiger partial charge in [0.25, 0.3) is 5.91 Å². The summed E-state index contributed by atoms with van der Waals surface area (Å²) < 4.78 is 0. The Morgan fingerprint density at radius 3 is 2.57 bits per heavy atom. The van der Waals surface area contributed by atoms with E-state index in [4.69, 9.17) is 0 Å². The van der Waals surface area contributed by atoms with Crippen molar-refractivity contribution < 1.29 is 9.59 Å². The number of thiophene rings is 1. The van der Waals surface area contributed by atoms with Crippen LogP contribution in [0, 0.1) is 0 Å². The molecular formula is C16H18ClN3O2S. The molecule has 1 saturated heterocycles. The number of amides is 2. The maximum absolute atomic E-state index is 12.1. The molecule has 1 aromatic heterocycles. The molecule has 2 amide bonds. The Kier molecular flexibility index (Phi) is 6.15. The number of benzene rings is 1. The van der Waals surface area contributed by atoms with E-state index in [9.17, 15) is 9.59 Å². The van der Waals surface area contributed by atoms with Gasteiger partial charge >= 0.3 is 0 Å². The number of hydrogen-bond donors (Lipinski definition) is 3. The third kappa shape index (κ3) is 4.54. The maximum Gasteiger partial charge on any atom is 0.265 e. The van der Waals surface area contributed by atoms with Crippen LogP contribution >= 0.6 is 23.7 Å². The van der Waals surface area contributed by atoms with Crippen molar-refractivity contribution in [3.63, 3.8) is 0 Å². The Hall–Kier alpha value is -1.89. The molecule has 0 spiro atoms. The molecule has 5 nitrogen and oxygen atoms in total. The summed E-state index contributed by atoms with van der Waals surface area (Å²) in [5, 5.41) is 10.7. The number of anilines is 2. The first-order valence-electron chi connectivity index (χ1n) is 7.21. The van der Waals surface area contributed by atoms with Gasteiger partial charge in [0.2, 0.25) is 5.91 Å². The molecule has 122 valence electrons. The Balaban J connectivity index is 0.00000192. The highest BCUT2D eigenvalue weighted by molar-refractivity contribution is 7.12. The molecule has 0 aliphatic carbocycles. The first kappa shape index (κ1) is 17.5. The molecule has 0 saturated carbocycles. The maximum atomic E-state index is 12.1. The predicted octanol–water partition coefficient (Wildman–Crippen LogP) is 3.11. The average molecular weight is 352 g/mol. The van der Waals surface area contributed by atoms with Crippen molar-refractivity contribution >= 4 is 46.9 Å². The Bertz CT molecular complexity index is 670. The largest absolute Gasteiger partial charge is 0.325 e. The predicted molar refractivity (Wildman–Crippen MR) is 95.6 cm³/mol. The second kappa shape index (κ2) is 8.10. The fourth-order valence-corrected chi connectivity index (χ4v) is 3.03. The fraction of sp³-hybridized carbons (Fsp3) is 0.250. The summed E-state index contributed by atoms with van der Waals surface area (Å²) in [5.74, 6) is -0.171. The van der Waals surface area contributed by atoms with Crippen molar-refractivity contribution in [2.75, 3.05) is 17.2 Å². The van der Waals surface area contributed by atoms with Crippen LogP contribution in [0.2, 0.25) is 0 Å². The first-order chi connectivity index (χ1) is 10.7. The van der Waals surface area contributed by atoms with Gasteiger partial charge in [-0.3, -0.25) is 9.59 Å². The second-order valence-electron chi connectivity index (χ2n) is 5.15. The SMILES string of the molecule is Cl.O=C(Nc1cccc(NC(=O)C2CCCN2)c1)c1cccs1. The van der Waals surface area contributed by atoms with Crippen LogP contribution in [0.3, 0.4) is 0 Å². The molecule has 2 aromatic rings. The topological polar surface area (TPSA) is 70.2 Å². The van der Waals surface area contributed by atoms with E-state index in [1.165, 1.54) is 11.3 Å². The van der Waals surface area contributed by atoms with Gasteiger partial charge in [0.15, 0.2) is 0 Å². The zero-order valence-electron chi connectivity index (χ0n) is 12.4. The lowest BCUT2D eigenvalue weighted by Gasteiger charge is -2.12. The van der Waals surface area contributed by atoms with E-state index in [0.29, 0.717) is 16.3 Å². The highest BCUT2D eigenvalue weighted by atomic mass is 35.5. The highest BCUT2D eigenvalue weighted by Gasteiger charge is 2.21. The molecule has 0 radical (unpaired) electrons. The van der Waals surface area contributed by atoms with E-state index in [1.807, 2.05) is 23.6 Å². The number of rotatable bonds is 4. The van der Waals surface area contributed by atoms with Crippen LogP contribution in [0.15, 0.2) is 41.8 Å². The lowest BCUT2D eigenvalue weighted by molar-refractivity contribution is -0.117. The Labute approximate surface area is 144 Å². The Morgan fingerprint density at radius 2 is 1.91 bits per heavy atom. The minimum absolute atomic E-state index is 0. The zero-order chi connectivity index (χ0) is 15.4. The van der Waals surface area contributed by atoms with Crippen LogP contribution in [-0.2, 0) is 4.79 Å². The van der Waals surface area contributed by atoms with E-state index in [0.717, 1.165) is 19.4 Å². The van der Waals surface area contributed by atoms with Crippen molar-refractivity contribution in [2.24, 2.45) is 0 Å². The molecule has 1 fully saturated rings. The van der Waals surface area contributed by atoms with Gasteiger partial charge in [-0.05, 0) is 49.0 Å². The molecule has 0 bridgehead atoms. The third-order valence-electron chi connectivity index (χ3n) is 3.51. The van der Waals surface area contributed by atoms with Crippen LogP contribution in [0.4, 0.5) is 11.4 Å². The van der Waals surface area contributed by atoms with E-state index < -0.39 is 0 Å². The lowest BCUT2D eigenvalue weighted by Crippen LogP contribution is -2.35. The van der Waals surface area contributed by atoms with Crippen molar-refractivity contribution in [2.45, 2.75) is 18.9 Å². The molecule has 1 aliphatic heterocycles. The monoisotopic (exact) mass is 351 g/mol. The van der Waals surface area contributed by atoms with Gasteiger partial charge in [-0.15, -0.1) is 23.7 Å². The van der Waals surface area contributed by atoms with Crippen LogP contribution in [0.5, 0.6) is 0 Å². The van der Waals surface area contributed by atoms with Gasteiger partial charge in [0, 0.05) is 11.4 Å². The molecule has 2 heterocycles. The van der Waals surface area contributed by atoms with Crippen molar-refractivity contribution in [3.8, 4) is 0 Å². The van der Waals surface area contributed by atoms with Crippen molar-refractivity contribution in [1.82, 2.24) is 5.32 Å². The molecule has 1 unspecified atom stereocenters. The molecule has 7 heteroatoms. The minimum atomic E-state index is -0.143. The number of halogens is 1.